The number of esters is 2. The Labute approximate surface area is 671 Å². The number of carbonyl (C=O) groups is 4. The van der Waals surface area contributed by atoms with Gasteiger partial charge in [0.25, 0.3) is 0 Å². The average molecular weight is 1610 g/mol. The minimum atomic E-state index is -1.60. The summed E-state index contributed by atoms with van der Waals surface area (Å²) in [6.45, 7) is 28.0. The average Bonchev–Trinajstić information content (AvgIpc) is 0.799. The number of hydrogen-bond donors (Lipinski definition) is 8. The Bertz CT molecular complexity index is 3040. The van der Waals surface area contributed by atoms with Crippen molar-refractivity contribution in [1.29, 1.82) is 0 Å². The number of carbonyl (C=O) groups excluding carboxylic acids is 4. The Morgan fingerprint density at radius 1 is 0.460 bits per heavy atom. The monoisotopic (exact) mass is 1610 g/mol. The van der Waals surface area contributed by atoms with Gasteiger partial charge >= 0.3 is 11.9 Å². The number of ether oxygens (including phenoxy) is 14. The van der Waals surface area contributed by atoms with Crippen LogP contribution in [-0.2, 0) is 85.5 Å². The van der Waals surface area contributed by atoms with Gasteiger partial charge in [0.1, 0.15) is 61.0 Å². The Morgan fingerprint density at radius 2 is 0.832 bits per heavy atom. The molecule has 7 heterocycles. The normalized spacial score (nSPS) is 44.8. The number of ketones is 2. The van der Waals surface area contributed by atoms with Crippen molar-refractivity contribution in [1.82, 2.24) is 14.7 Å². The minimum absolute atomic E-state index is 0.0406. The van der Waals surface area contributed by atoms with E-state index < -0.39 is 231 Å². The number of hydrogen-bond acceptors (Lipinski definition) is 29. The maximum Gasteiger partial charge on any atom is 0.308 e. The number of likely N-dealkylation sites (tertiary alicyclic amines) is 1. The van der Waals surface area contributed by atoms with Crippen molar-refractivity contribution in [3.05, 3.63) is 47.6 Å². The molecule has 0 amide bonds. The van der Waals surface area contributed by atoms with Gasteiger partial charge in [0, 0.05) is 77.0 Å². The van der Waals surface area contributed by atoms with Crippen LogP contribution in [0.4, 0.5) is 0 Å². The molecule has 29 nitrogen and oxygen atoms in total. The predicted molar refractivity (Wildman–Crippen MR) is 418 cm³/mol. The molecule has 0 aliphatic carbocycles. The highest BCUT2D eigenvalue weighted by Crippen LogP contribution is 2.40. The molecule has 0 aromatic heterocycles. The third kappa shape index (κ3) is 25.7. The molecule has 0 aromatic carbocycles. The van der Waals surface area contributed by atoms with Gasteiger partial charge in [-0.3, -0.25) is 24.1 Å². The van der Waals surface area contributed by atoms with Gasteiger partial charge in [0.15, 0.2) is 36.7 Å². The molecule has 7 aliphatic heterocycles. The van der Waals surface area contributed by atoms with E-state index in [-0.39, 0.29) is 50.6 Å². The Morgan fingerprint density at radius 3 is 1.22 bits per heavy atom. The molecule has 0 unspecified atom stereocenters. The second-order valence-corrected chi connectivity index (χ2v) is 34.2. The lowest BCUT2D eigenvalue weighted by Crippen LogP contribution is -2.64. The van der Waals surface area contributed by atoms with E-state index >= 15 is 0 Å². The third-order valence-corrected chi connectivity index (χ3v) is 24.9. The van der Waals surface area contributed by atoms with E-state index in [4.69, 9.17) is 66.3 Å². The molecular weight excluding hydrogens is 1470 g/mol. The minimum Gasteiger partial charge on any atom is -0.462 e. The first kappa shape index (κ1) is 96.5. The summed E-state index contributed by atoms with van der Waals surface area (Å²) in [5.41, 5.74) is 1.33. The van der Waals surface area contributed by atoms with E-state index in [0.717, 1.165) is 19.5 Å². The maximum absolute atomic E-state index is 14.7. The molecule has 113 heavy (non-hydrogen) atoms. The van der Waals surface area contributed by atoms with Crippen LogP contribution >= 0.6 is 0 Å². The number of methoxy groups -OCH3 is 4. The van der Waals surface area contributed by atoms with Gasteiger partial charge in [-0.2, -0.15) is 0 Å². The Balaban J connectivity index is 1.22. The van der Waals surface area contributed by atoms with Crippen molar-refractivity contribution in [2.45, 2.75) is 314 Å². The van der Waals surface area contributed by atoms with Gasteiger partial charge in [0.2, 0.25) is 0 Å². The Hall–Kier alpha value is -3.68. The van der Waals surface area contributed by atoms with Gasteiger partial charge in [-0.15, -0.1) is 0 Å². The van der Waals surface area contributed by atoms with E-state index in [9.17, 15) is 60.0 Å². The summed E-state index contributed by atoms with van der Waals surface area (Å²) >= 11 is 0. The second kappa shape index (κ2) is 45.1. The lowest BCUT2D eigenvalue weighted by molar-refractivity contribution is -0.307. The van der Waals surface area contributed by atoms with Crippen molar-refractivity contribution < 1.29 is 126 Å². The summed E-state index contributed by atoms with van der Waals surface area (Å²) in [6.07, 6.45) is -13.5. The fourth-order valence-electron chi connectivity index (χ4n) is 18.1. The summed E-state index contributed by atoms with van der Waals surface area (Å²) in [5, 5.41) is 95.8. The zero-order chi connectivity index (χ0) is 83.7. The molecule has 0 bridgehead atoms. The van der Waals surface area contributed by atoms with E-state index in [1.807, 2.05) is 46.8 Å². The number of aliphatic hydroxyl groups is 8. The summed E-state index contributed by atoms with van der Waals surface area (Å²) in [7, 11) is 11.0. The highest BCUT2D eigenvalue weighted by molar-refractivity contribution is 5.92. The number of cyclic esters (lactones) is 2. The molecule has 36 atom stereocenters. The molecule has 650 valence electrons. The van der Waals surface area contributed by atoms with Crippen molar-refractivity contribution in [3.63, 3.8) is 0 Å². The maximum atomic E-state index is 14.7. The molecule has 5 fully saturated rings. The largest absolute Gasteiger partial charge is 0.462 e. The smallest absolute Gasteiger partial charge is 0.308 e. The van der Waals surface area contributed by atoms with E-state index in [0.29, 0.717) is 48.8 Å². The summed E-state index contributed by atoms with van der Waals surface area (Å²) in [6, 6.07) is -1.99. The second-order valence-electron chi connectivity index (χ2n) is 34.2. The summed E-state index contributed by atoms with van der Waals surface area (Å²) < 4.78 is 87.3. The van der Waals surface area contributed by atoms with Gasteiger partial charge in [-0.25, -0.2) is 0 Å². The molecular formula is C84H143N3O26. The van der Waals surface area contributed by atoms with Crippen LogP contribution in [0.3, 0.4) is 0 Å². The van der Waals surface area contributed by atoms with Gasteiger partial charge in [0.05, 0.1) is 99.2 Å². The number of likely N-dealkylation sites (N-methyl/N-ethyl adjacent to an activating group) is 2. The first-order valence-electron chi connectivity index (χ1n) is 41.4. The molecule has 0 radical (unpaired) electrons. The topological polar surface area (TPSA) is 369 Å². The van der Waals surface area contributed by atoms with Gasteiger partial charge in [-0.1, -0.05) is 90.8 Å². The van der Waals surface area contributed by atoms with Crippen LogP contribution in [0, 0.1) is 59.2 Å². The van der Waals surface area contributed by atoms with Gasteiger partial charge < -0.3 is 117 Å². The van der Waals surface area contributed by atoms with Crippen molar-refractivity contribution in [3.8, 4) is 0 Å². The number of piperidine rings is 1. The molecule has 0 spiro atoms. The fourth-order valence-corrected chi connectivity index (χ4v) is 18.1. The lowest BCUT2D eigenvalue weighted by atomic mass is 9.79. The van der Waals surface area contributed by atoms with Crippen LogP contribution in [-0.4, -0.2) is 327 Å². The van der Waals surface area contributed by atoms with Crippen molar-refractivity contribution >= 4 is 23.5 Å². The molecule has 8 N–H and O–H groups in total. The molecule has 5 saturated heterocycles. The number of allylic oxidation sites excluding steroid dienone is 6. The SMILES string of the molecule is CC[C@H]1OC(=O)C[C@@H](O)[C@H](C)[C@@H](O[C@@H]2O[C@H](C)[C@@H](O)[C@H](N(C)C)[C@H]2O)[C@@H](CCN(C)[C@@H]2[C@@H](O)[C@H](O[C@H]3[C@@H](CCN4C[C@H](C)C[C@H](C)C4)C[C@@H](C)C(=O)/C=C/C(C)=C/[C@H](CO[C@@H]4O[C@H](C)[C@@H](O)[C@@H](OC)[C@H]4OC)[C@@H](CC)OC(=O)C[C@@H](O)[C@@H]3C)O[C@H](C)[C@H]2O)C[C@@H](C)C(=O)/C=C/C(C)=C/[C@@H]1CO[C@@H]1O[C@H](C)[C@@H](O)[C@@H](OC)[C@H]1OC. The van der Waals surface area contributed by atoms with Gasteiger partial charge in [-0.05, 0) is 157 Å². The lowest BCUT2D eigenvalue weighted by Gasteiger charge is -2.48. The number of aliphatic hydroxyl groups excluding tert-OH is 8. The summed E-state index contributed by atoms with van der Waals surface area (Å²) in [4.78, 5) is 64.2. The zero-order valence-corrected chi connectivity index (χ0v) is 71.1. The van der Waals surface area contributed by atoms with Crippen LogP contribution in [0.2, 0.25) is 0 Å². The van der Waals surface area contributed by atoms with Crippen LogP contribution < -0.4 is 0 Å². The summed E-state index contributed by atoms with van der Waals surface area (Å²) in [5.74, 6) is -6.61. The van der Waals surface area contributed by atoms with Crippen molar-refractivity contribution in [2.24, 2.45) is 59.2 Å². The third-order valence-electron chi connectivity index (χ3n) is 24.9. The van der Waals surface area contributed by atoms with Crippen LogP contribution in [0.1, 0.15) is 155 Å². The van der Waals surface area contributed by atoms with Crippen LogP contribution in [0.25, 0.3) is 0 Å². The first-order chi connectivity index (χ1) is 53.4. The molecule has 0 saturated carbocycles. The van der Waals surface area contributed by atoms with E-state index in [1.54, 1.807) is 97.6 Å². The fraction of sp³-hybridized carbons (Fsp3) is 0.857. The standard InChI is InChI=1S/C84H143N3O26/c1-22-63-57(41-104-83-79(102-20)77(100-18)71(96)53(13)108-83)33-43(3)24-26-59(88)47(7)35-55(75(49(9)61(90)37-65(92)110-63)112-81-73(98)67(85(15)16)69(94)51(11)106-81)28-30-86(17)68-70(95)52(12)107-82(74(68)99)113-76-50(10)62(91)38-66(93)111-64(23-2)58(42-105-84-80(103-21)78(101-19)72(97)54(14)109-84)34-44(4)25-27-60(89)48(8)36-56(76)29-31-87-39-45(5)32-46(6)40-87/h24-27,33-34,45-58,61-64,67-84,90-91,94-99H,22-23,28-32,35-42H2,1-21H3/b26-24+,27-25+,43-33+,44-34+/t45-,46+,47-,48-,49+,50+,51-,52-,53-,54-,55+,56+,57-,58-,61-,62-,63-,64-,67+,68+,69-,70-,71-,72-,73-,74-,75-,76-,77-,78-,79-,80-,81+,82+,83-,84-/m1/s1. The van der Waals surface area contributed by atoms with Crippen molar-refractivity contribution in [2.75, 3.05) is 89.0 Å². The predicted octanol–water partition coefficient (Wildman–Crippen LogP) is 5.09. The van der Waals surface area contributed by atoms with E-state index in [1.165, 1.54) is 34.5 Å². The molecule has 7 aliphatic rings. The highest BCUT2D eigenvalue weighted by Gasteiger charge is 2.52. The molecule has 29 heteroatoms. The number of nitrogens with zero attached hydrogens (tertiary/aromatic N) is 3. The Kier molecular flexibility index (Phi) is 38.5. The number of rotatable bonds is 24. The first-order valence-corrected chi connectivity index (χ1v) is 41.4. The highest BCUT2D eigenvalue weighted by atomic mass is 16.7. The molecule has 7 rings (SSSR count). The zero-order valence-electron chi connectivity index (χ0n) is 71.1. The van der Waals surface area contributed by atoms with Crippen LogP contribution in [0.15, 0.2) is 47.6 Å². The quantitative estimate of drug-likeness (QED) is 0.0583. The molecule has 0 aromatic rings. The van der Waals surface area contributed by atoms with Crippen LogP contribution in [0.5, 0.6) is 0 Å². The van der Waals surface area contributed by atoms with E-state index in [2.05, 4.69) is 18.7 Å².